The maximum Gasteiger partial charge on any atom is 0.225 e. The highest BCUT2D eigenvalue weighted by atomic mass is 16.5. The molecule has 0 aliphatic heterocycles. The Bertz CT molecular complexity index is 916. The fraction of sp³-hybridized carbons (Fsp3) is 0.304. The molecule has 29 heavy (non-hydrogen) atoms. The third-order valence-corrected chi connectivity index (χ3v) is 4.50. The van der Waals surface area contributed by atoms with Gasteiger partial charge in [-0.25, -0.2) is 4.98 Å². The van der Waals surface area contributed by atoms with E-state index in [1.165, 1.54) is 0 Å². The van der Waals surface area contributed by atoms with Crippen molar-refractivity contribution in [2.45, 2.75) is 19.8 Å². The Morgan fingerprint density at radius 1 is 0.828 bits per heavy atom. The summed E-state index contributed by atoms with van der Waals surface area (Å²) >= 11 is 0. The van der Waals surface area contributed by atoms with Crippen molar-refractivity contribution in [3.63, 3.8) is 0 Å². The van der Waals surface area contributed by atoms with Crippen molar-refractivity contribution in [3.05, 3.63) is 60.2 Å². The standard InChI is InChI=1S/C23H28N4O2/c1-4-13-24-22-16-19(18-8-6-5-7-9-18)26-23(27-22)25-14-12-17-10-11-20(28-2)21(15-17)29-3/h5-11,15-16H,4,12-14H2,1-3H3,(H2,24,25,26,27). The molecular weight excluding hydrogens is 364 g/mol. The van der Waals surface area contributed by atoms with Gasteiger partial charge in [0.25, 0.3) is 0 Å². The molecule has 0 aliphatic carbocycles. The van der Waals surface area contributed by atoms with Crippen LogP contribution in [0.3, 0.4) is 0 Å². The van der Waals surface area contributed by atoms with Crippen LogP contribution < -0.4 is 20.1 Å². The highest BCUT2D eigenvalue weighted by Crippen LogP contribution is 2.27. The zero-order chi connectivity index (χ0) is 20.5. The molecule has 3 rings (SSSR count). The molecule has 0 unspecified atom stereocenters. The molecule has 3 aromatic rings. The number of nitrogens with one attached hydrogen (secondary N) is 2. The first kappa shape index (κ1) is 20.5. The molecule has 0 fully saturated rings. The van der Waals surface area contributed by atoms with E-state index in [0.29, 0.717) is 12.5 Å². The van der Waals surface area contributed by atoms with Crippen molar-refractivity contribution in [1.82, 2.24) is 9.97 Å². The summed E-state index contributed by atoms with van der Waals surface area (Å²) in [6.45, 7) is 3.71. The second-order valence-electron chi connectivity index (χ2n) is 6.62. The van der Waals surface area contributed by atoms with Crippen molar-refractivity contribution in [1.29, 1.82) is 0 Å². The summed E-state index contributed by atoms with van der Waals surface area (Å²) in [6.07, 6.45) is 1.85. The zero-order valence-corrected chi connectivity index (χ0v) is 17.2. The van der Waals surface area contributed by atoms with E-state index < -0.39 is 0 Å². The Hall–Kier alpha value is -3.28. The lowest BCUT2D eigenvalue weighted by molar-refractivity contribution is 0.354. The van der Waals surface area contributed by atoms with Crippen molar-refractivity contribution in [2.24, 2.45) is 0 Å². The van der Waals surface area contributed by atoms with E-state index in [-0.39, 0.29) is 0 Å². The van der Waals surface area contributed by atoms with E-state index in [4.69, 9.17) is 14.5 Å². The van der Waals surface area contributed by atoms with E-state index in [1.807, 2.05) is 42.5 Å². The van der Waals surface area contributed by atoms with Crippen LogP contribution in [0.5, 0.6) is 11.5 Å². The summed E-state index contributed by atoms with van der Waals surface area (Å²) in [4.78, 5) is 9.31. The van der Waals surface area contributed by atoms with Crippen molar-refractivity contribution < 1.29 is 9.47 Å². The van der Waals surface area contributed by atoms with Crippen molar-refractivity contribution >= 4 is 11.8 Å². The van der Waals surface area contributed by atoms with Crippen LogP contribution in [0.4, 0.5) is 11.8 Å². The van der Waals surface area contributed by atoms with Gasteiger partial charge in [0.2, 0.25) is 5.95 Å². The highest BCUT2D eigenvalue weighted by Gasteiger charge is 2.08. The fourth-order valence-corrected chi connectivity index (χ4v) is 2.98. The summed E-state index contributed by atoms with van der Waals surface area (Å²) < 4.78 is 10.7. The number of nitrogens with zero attached hydrogens (tertiary/aromatic N) is 2. The van der Waals surface area contributed by atoms with Gasteiger partial charge in [-0.2, -0.15) is 4.98 Å². The van der Waals surface area contributed by atoms with Crippen LogP contribution >= 0.6 is 0 Å². The van der Waals surface area contributed by atoms with E-state index in [9.17, 15) is 0 Å². The molecule has 0 spiro atoms. The topological polar surface area (TPSA) is 68.3 Å². The smallest absolute Gasteiger partial charge is 0.225 e. The second kappa shape index (κ2) is 10.3. The normalized spacial score (nSPS) is 10.4. The molecule has 0 aliphatic rings. The minimum absolute atomic E-state index is 0.616. The van der Waals surface area contributed by atoms with E-state index in [0.717, 1.165) is 53.5 Å². The van der Waals surface area contributed by atoms with Crippen LogP contribution in [0, 0.1) is 0 Å². The molecule has 2 N–H and O–H groups in total. The molecule has 2 aromatic carbocycles. The molecule has 6 heteroatoms. The lowest BCUT2D eigenvalue weighted by Gasteiger charge is -2.12. The van der Waals surface area contributed by atoms with Gasteiger partial charge in [-0.3, -0.25) is 0 Å². The van der Waals surface area contributed by atoms with Gasteiger partial charge in [0.1, 0.15) is 5.82 Å². The van der Waals surface area contributed by atoms with Crippen LogP contribution in [0.25, 0.3) is 11.3 Å². The molecule has 0 saturated carbocycles. The van der Waals surface area contributed by atoms with Crippen LogP contribution in [0.2, 0.25) is 0 Å². The van der Waals surface area contributed by atoms with Gasteiger partial charge >= 0.3 is 0 Å². The summed E-state index contributed by atoms with van der Waals surface area (Å²) in [5.74, 6) is 2.91. The Labute approximate surface area is 172 Å². The number of methoxy groups -OCH3 is 2. The Morgan fingerprint density at radius 3 is 2.34 bits per heavy atom. The number of benzene rings is 2. The predicted octanol–water partition coefficient (Wildman–Crippen LogP) is 4.64. The minimum atomic E-state index is 0.616. The molecule has 0 saturated heterocycles. The summed E-state index contributed by atoms with van der Waals surface area (Å²) in [6, 6.07) is 18.1. The van der Waals surface area contributed by atoms with Gasteiger partial charge < -0.3 is 20.1 Å². The van der Waals surface area contributed by atoms with Crippen LogP contribution in [0.15, 0.2) is 54.6 Å². The average molecular weight is 393 g/mol. The van der Waals surface area contributed by atoms with Gasteiger partial charge in [0, 0.05) is 24.7 Å². The number of hydrogen-bond donors (Lipinski definition) is 2. The van der Waals surface area contributed by atoms with E-state index in [1.54, 1.807) is 14.2 Å². The first-order chi connectivity index (χ1) is 14.2. The maximum atomic E-state index is 5.38. The molecule has 1 aromatic heterocycles. The monoisotopic (exact) mass is 392 g/mol. The molecule has 0 radical (unpaired) electrons. The third-order valence-electron chi connectivity index (χ3n) is 4.50. The van der Waals surface area contributed by atoms with Crippen LogP contribution in [-0.2, 0) is 6.42 Å². The Morgan fingerprint density at radius 2 is 1.62 bits per heavy atom. The molecule has 0 bridgehead atoms. The quantitative estimate of drug-likeness (QED) is 0.524. The van der Waals surface area contributed by atoms with E-state index >= 15 is 0 Å². The summed E-state index contributed by atoms with van der Waals surface area (Å²) in [7, 11) is 3.29. The molecule has 6 nitrogen and oxygen atoms in total. The second-order valence-corrected chi connectivity index (χ2v) is 6.62. The maximum absolute atomic E-state index is 5.38. The Kier molecular flexibility index (Phi) is 7.28. The van der Waals surface area contributed by atoms with Crippen molar-refractivity contribution in [2.75, 3.05) is 37.9 Å². The van der Waals surface area contributed by atoms with Gasteiger partial charge in [-0.1, -0.05) is 43.3 Å². The molecule has 0 amide bonds. The van der Waals surface area contributed by atoms with Gasteiger partial charge in [0.05, 0.1) is 19.9 Å². The van der Waals surface area contributed by atoms with Gasteiger partial charge in [-0.15, -0.1) is 0 Å². The van der Waals surface area contributed by atoms with Crippen LogP contribution in [-0.4, -0.2) is 37.3 Å². The molecular formula is C23H28N4O2. The third kappa shape index (κ3) is 5.60. The number of ether oxygens (including phenoxy) is 2. The lowest BCUT2D eigenvalue weighted by atomic mass is 10.1. The lowest BCUT2D eigenvalue weighted by Crippen LogP contribution is -2.11. The number of aromatic nitrogens is 2. The van der Waals surface area contributed by atoms with Gasteiger partial charge in [0.15, 0.2) is 11.5 Å². The minimum Gasteiger partial charge on any atom is -0.493 e. The Balaban J connectivity index is 1.72. The number of rotatable bonds is 10. The first-order valence-corrected chi connectivity index (χ1v) is 9.86. The molecule has 0 atom stereocenters. The largest absolute Gasteiger partial charge is 0.493 e. The predicted molar refractivity (Wildman–Crippen MR) is 118 cm³/mol. The highest BCUT2D eigenvalue weighted by molar-refractivity contribution is 5.64. The number of hydrogen-bond acceptors (Lipinski definition) is 6. The SMILES string of the molecule is CCCNc1cc(-c2ccccc2)nc(NCCc2ccc(OC)c(OC)c2)n1. The first-order valence-electron chi connectivity index (χ1n) is 9.86. The zero-order valence-electron chi connectivity index (χ0n) is 17.2. The van der Waals surface area contributed by atoms with Crippen LogP contribution in [0.1, 0.15) is 18.9 Å². The summed E-state index contributed by atoms with van der Waals surface area (Å²) in [5, 5.41) is 6.71. The van der Waals surface area contributed by atoms with Gasteiger partial charge in [-0.05, 0) is 30.5 Å². The molecule has 152 valence electrons. The van der Waals surface area contributed by atoms with Crippen molar-refractivity contribution in [3.8, 4) is 22.8 Å². The number of anilines is 2. The summed E-state index contributed by atoms with van der Waals surface area (Å²) in [5.41, 5.74) is 3.11. The average Bonchev–Trinajstić information content (AvgIpc) is 2.78. The fourth-order valence-electron chi connectivity index (χ4n) is 2.98. The molecule has 1 heterocycles. The van der Waals surface area contributed by atoms with E-state index in [2.05, 4.69) is 34.7 Å².